The molecule has 3 aromatic rings. The molecule has 2 bridgehead atoms. The highest BCUT2D eigenvalue weighted by Gasteiger charge is 2.50. The lowest BCUT2D eigenvalue weighted by Crippen LogP contribution is -2.45. The summed E-state index contributed by atoms with van der Waals surface area (Å²) in [5.41, 5.74) is 0.936. The number of carboxylic acid groups (broad SMARTS) is 1. The van der Waals surface area contributed by atoms with Gasteiger partial charge in [-0.2, -0.15) is 5.10 Å². The fraction of sp³-hybridized carbons (Fsp3) is 0.500. The second-order valence-corrected chi connectivity index (χ2v) is 9.76. The number of carboxylic acids is 1. The van der Waals surface area contributed by atoms with Crippen LogP contribution in [0.2, 0.25) is 0 Å². The third-order valence-electron chi connectivity index (χ3n) is 7.92. The van der Waals surface area contributed by atoms with Gasteiger partial charge in [-0.3, -0.25) is 9.89 Å². The van der Waals surface area contributed by atoms with Gasteiger partial charge in [0, 0.05) is 6.42 Å². The van der Waals surface area contributed by atoms with E-state index in [4.69, 9.17) is 6.57 Å². The summed E-state index contributed by atoms with van der Waals surface area (Å²) < 4.78 is 29.6. The number of fused-ring (bicyclic) bond motifs is 4. The van der Waals surface area contributed by atoms with Gasteiger partial charge in [-0.25, -0.2) is 30.3 Å². The summed E-state index contributed by atoms with van der Waals surface area (Å²) in [6.07, 6.45) is 5.46. The van der Waals surface area contributed by atoms with Crippen molar-refractivity contribution in [3.63, 3.8) is 0 Å². The first-order valence-electron chi connectivity index (χ1n) is 11.6. The number of hydrogen-bond acceptors (Lipinski definition) is 5. The molecule has 10 heteroatoms. The van der Waals surface area contributed by atoms with Gasteiger partial charge in [0.2, 0.25) is 6.04 Å². The number of hydrogen-bond donors (Lipinski definition) is 2. The van der Waals surface area contributed by atoms with Gasteiger partial charge in [0.25, 0.3) is 0 Å². The van der Waals surface area contributed by atoms with E-state index in [0.29, 0.717) is 17.5 Å². The summed E-state index contributed by atoms with van der Waals surface area (Å²) in [5.74, 6) is -2.50. The number of aromatic amines is 1. The summed E-state index contributed by atoms with van der Waals surface area (Å²) >= 11 is 0. The van der Waals surface area contributed by atoms with Crippen molar-refractivity contribution in [2.75, 3.05) is 0 Å². The molecule has 4 saturated carbocycles. The van der Waals surface area contributed by atoms with Gasteiger partial charge >= 0.3 is 5.97 Å². The van der Waals surface area contributed by atoms with E-state index < -0.39 is 23.5 Å². The monoisotopic (exact) mass is 464 g/mol. The maximum absolute atomic E-state index is 15.7. The SMILES string of the molecule is [C-]#[N+][C@@H]1CC1c1nc(-c2[nH]nc3ncc(F)cc23)nc(C[C@H]2C3CCC(CC3)[C@@H]2C(=O)O)c1F. The summed E-state index contributed by atoms with van der Waals surface area (Å²) in [7, 11) is 0. The molecule has 4 atom stereocenters. The first kappa shape index (κ1) is 21.1. The van der Waals surface area contributed by atoms with Gasteiger partial charge in [0.1, 0.15) is 11.5 Å². The minimum atomic E-state index is -0.828. The first-order valence-corrected chi connectivity index (χ1v) is 11.6. The molecule has 0 aromatic carbocycles. The van der Waals surface area contributed by atoms with Crippen LogP contribution < -0.4 is 0 Å². The molecule has 4 fully saturated rings. The third kappa shape index (κ3) is 3.33. The lowest BCUT2D eigenvalue weighted by Gasteiger charge is -2.46. The van der Waals surface area contributed by atoms with E-state index in [1.165, 1.54) is 6.07 Å². The van der Waals surface area contributed by atoms with Crippen molar-refractivity contribution in [1.29, 1.82) is 0 Å². The van der Waals surface area contributed by atoms with E-state index in [1.807, 2.05) is 0 Å². The highest BCUT2D eigenvalue weighted by atomic mass is 19.1. The molecular formula is C24H22F2N6O2. The van der Waals surface area contributed by atoms with Crippen LogP contribution in [0.15, 0.2) is 12.3 Å². The van der Waals surface area contributed by atoms with Crippen molar-refractivity contribution in [2.24, 2.45) is 23.7 Å². The Morgan fingerprint density at radius 2 is 1.97 bits per heavy atom. The Kier molecular flexibility index (Phi) is 4.83. The van der Waals surface area contributed by atoms with Crippen LogP contribution >= 0.6 is 0 Å². The van der Waals surface area contributed by atoms with Crippen LogP contribution in [0, 0.1) is 41.9 Å². The summed E-state index contributed by atoms with van der Waals surface area (Å²) in [6.45, 7) is 7.31. The van der Waals surface area contributed by atoms with Gasteiger partial charge in [0.15, 0.2) is 17.3 Å². The molecule has 34 heavy (non-hydrogen) atoms. The van der Waals surface area contributed by atoms with E-state index in [9.17, 15) is 14.3 Å². The second-order valence-electron chi connectivity index (χ2n) is 9.76. The van der Waals surface area contributed by atoms with E-state index in [2.05, 4.69) is 30.0 Å². The number of pyridine rings is 1. The normalized spacial score (nSPS) is 29.8. The Morgan fingerprint density at radius 1 is 1.21 bits per heavy atom. The Morgan fingerprint density at radius 3 is 2.68 bits per heavy atom. The first-order chi connectivity index (χ1) is 16.4. The van der Waals surface area contributed by atoms with E-state index in [0.717, 1.165) is 31.9 Å². The topological polar surface area (TPSA) is 109 Å². The number of nitrogens with one attached hydrogen (secondary N) is 1. The molecule has 3 heterocycles. The average Bonchev–Trinajstić information content (AvgIpc) is 3.51. The molecule has 0 radical (unpaired) electrons. The van der Waals surface area contributed by atoms with Gasteiger partial charge in [-0.15, -0.1) is 0 Å². The molecule has 1 unspecified atom stereocenters. The van der Waals surface area contributed by atoms with Gasteiger partial charge < -0.3 is 9.95 Å². The average molecular weight is 464 g/mol. The molecule has 3 aromatic heterocycles. The number of halogens is 2. The Bertz CT molecular complexity index is 1340. The maximum atomic E-state index is 15.7. The molecule has 4 aliphatic carbocycles. The largest absolute Gasteiger partial charge is 0.481 e. The van der Waals surface area contributed by atoms with Crippen LogP contribution in [-0.2, 0) is 11.2 Å². The quantitative estimate of drug-likeness (QED) is 0.549. The zero-order valence-corrected chi connectivity index (χ0v) is 18.2. The third-order valence-corrected chi connectivity index (χ3v) is 7.92. The second kappa shape index (κ2) is 7.79. The van der Waals surface area contributed by atoms with Crippen molar-refractivity contribution in [1.82, 2.24) is 25.1 Å². The van der Waals surface area contributed by atoms with Crippen LogP contribution in [0.4, 0.5) is 8.78 Å². The van der Waals surface area contributed by atoms with Crippen molar-refractivity contribution < 1.29 is 18.7 Å². The van der Waals surface area contributed by atoms with E-state index >= 15 is 4.39 Å². The number of H-pyrrole nitrogens is 1. The fourth-order valence-corrected chi connectivity index (χ4v) is 6.15. The van der Waals surface area contributed by atoms with Crippen LogP contribution in [0.5, 0.6) is 0 Å². The smallest absolute Gasteiger partial charge is 0.307 e. The van der Waals surface area contributed by atoms with E-state index in [-0.39, 0.29) is 59.0 Å². The van der Waals surface area contributed by atoms with Gasteiger partial charge in [-0.1, -0.05) is 0 Å². The molecular weight excluding hydrogens is 442 g/mol. The molecule has 4 aliphatic rings. The van der Waals surface area contributed by atoms with Crippen LogP contribution in [0.3, 0.4) is 0 Å². The van der Waals surface area contributed by atoms with E-state index in [1.54, 1.807) is 0 Å². The van der Waals surface area contributed by atoms with Crippen LogP contribution in [-0.4, -0.2) is 42.3 Å². The standard InChI is InChI=1S/C24H22F2N6O2/c1-27-16-8-14(16)20-19(26)17(7-13-10-2-4-11(5-3-10)18(13)24(33)34)29-23(30-20)21-15-6-12(25)9-28-22(15)32-31-21/h6,9-11,13-14,16,18H,2-5,7-8H2,(H,33,34)(H,28,31,32)/t10?,11?,13-,14?,16+,18-/m0/s1. The predicted molar refractivity (Wildman–Crippen MR) is 116 cm³/mol. The Labute approximate surface area is 193 Å². The van der Waals surface area contributed by atoms with Gasteiger partial charge in [-0.05, 0) is 55.9 Å². The molecule has 2 N–H and O–H groups in total. The van der Waals surface area contributed by atoms with Crippen LogP contribution in [0.25, 0.3) is 27.4 Å². The maximum Gasteiger partial charge on any atom is 0.307 e. The number of aromatic nitrogens is 5. The van der Waals surface area contributed by atoms with Crippen molar-refractivity contribution >= 4 is 17.0 Å². The number of nitrogens with zero attached hydrogens (tertiary/aromatic N) is 5. The van der Waals surface area contributed by atoms with Gasteiger partial charge in [0.05, 0.1) is 34.8 Å². The minimum absolute atomic E-state index is 0.108. The minimum Gasteiger partial charge on any atom is -0.481 e. The number of aliphatic carboxylic acids is 1. The summed E-state index contributed by atoms with van der Waals surface area (Å²) in [5, 5.41) is 17.2. The van der Waals surface area contributed by atoms with Crippen molar-refractivity contribution in [3.05, 3.63) is 46.7 Å². The molecule has 8 nitrogen and oxygen atoms in total. The number of rotatable bonds is 5. The highest BCUT2D eigenvalue weighted by Crippen LogP contribution is 2.51. The molecule has 0 aliphatic heterocycles. The number of carbonyl (C=O) groups is 1. The Balaban J connectivity index is 1.46. The van der Waals surface area contributed by atoms with Crippen LogP contribution in [0.1, 0.15) is 49.4 Å². The van der Waals surface area contributed by atoms with Crippen molar-refractivity contribution in [3.8, 4) is 11.5 Å². The molecule has 0 spiro atoms. The summed E-state index contributed by atoms with van der Waals surface area (Å²) in [4.78, 5) is 28.6. The predicted octanol–water partition coefficient (Wildman–Crippen LogP) is 4.15. The zero-order chi connectivity index (χ0) is 23.6. The summed E-state index contributed by atoms with van der Waals surface area (Å²) in [6, 6.07) is 0.938. The zero-order valence-electron chi connectivity index (χ0n) is 18.2. The molecule has 0 amide bonds. The Hall–Kier alpha value is -3.48. The highest BCUT2D eigenvalue weighted by molar-refractivity contribution is 5.88. The van der Waals surface area contributed by atoms with Crippen molar-refractivity contribution in [2.45, 2.75) is 50.5 Å². The molecule has 0 saturated heterocycles. The molecule has 174 valence electrons. The lowest BCUT2D eigenvalue weighted by atomic mass is 9.57. The lowest BCUT2D eigenvalue weighted by molar-refractivity contribution is -0.152. The fourth-order valence-electron chi connectivity index (χ4n) is 6.15. The molecule has 7 rings (SSSR count).